The van der Waals surface area contributed by atoms with Gasteiger partial charge in [-0.05, 0) is 49.8 Å². The molecule has 1 saturated carbocycles. The Labute approximate surface area is 253 Å². The van der Waals surface area contributed by atoms with E-state index in [2.05, 4.69) is 14.7 Å². The van der Waals surface area contributed by atoms with E-state index in [1.165, 1.54) is 10.6 Å². The van der Waals surface area contributed by atoms with Crippen molar-refractivity contribution >= 4 is 15.6 Å². The number of sulfone groups is 1. The molecule has 0 saturated heterocycles. The minimum absolute atomic E-state index is 0.0155. The number of alkyl halides is 2. The summed E-state index contributed by atoms with van der Waals surface area (Å²) < 4.78 is 57.0. The number of carbonyl (C=O) groups is 1. The highest BCUT2D eigenvalue weighted by atomic mass is 32.2. The SMILES string of the molecule is CCCCc1nc(C)n(-c2ncc(OC(F)F)cn2)c(=O)c1Cc1ccc(-c2ccccc2S(=O)(=O)CC(=O)C2CC2)cc1. The van der Waals surface area contributed by atoms with Crippen LogP contribution in [0.4, 0.5) is 8.78 Å². The molecule has 2 aromatic heterocycles. The van der Waals surface area contributed by atoms with Crippen LogP contribution < -0.4 is 10.3 Å². The van der Waals surface area contributed by atoms with Gasteiger partial charge in [-0.1, -0.05) is 55.8 Å². The number of rotatable bonds is 13. The van der Waals surface area contributed by atoms with Gasteiger partial charge < -0.3 is 4.74 Å². The molecule has 0 atom stereocenters. The maximum absolute atomic E-state index is 13.8. The van der Waals surface area contributed by atoms with Crippen molar-refractivity contribution in [2.24, 2.45) is 5.92 Å². The number of aromatic nitrogens is 4. The minimum Gasteiger partial charge on any atom is -0.432 e. The zero-order valence-electron chi connectivity index (χ0n) is 24.4. The molecular weight excluding hydrogens is 590 g/mol. The first-order valence-corrected chi connectivity index (χ1v) is 16.0. The number of hydrogen-bond donors (Lipinski definition) is 0. The maximum Gasteiger partial charge on any atom is 0.387 e. The van der Waals surface area contributed by atoms with Crippen molar-refractivity contribution < 1.29 is 26.7 Å². The van der Waals surface area contributed by atoms with Crippen LogP contribution in [-0.2, 0) is 27.5 Å². The van der Waals surface area contributed by atoms with Gasteiger partial charge in [0.05, 0.1) is 23.0 Å². The molecule has 0 N–H and O–H groups in total. The van der Waals surface area contributed by atoms with Crippen LogP contribution in [0, 0.1) is 12.8 Å². The summed E-state index contributed by atoms with van der Waals surface area (Å²) in [6, 6.07) is 13.9. The van der Waals surface area contributed by atoms with Crippen molar-refractivity contribution in [1.82, 2.24) is 19.5 Å². The molecule has 1 aliphatic rings. The van der Waals surface area contributed by atoms with Gasteiger partial charge in [0.15, 0.2) is 21.4 Å². The molecule has 44 heavy (non-hydrogen) atoms. The zero-order valence-corrected chi connectivity index (χ0v) is 25.2. The molecule has 4 aromatic rings. The molecule has 2 aromatic carbocycles. The molecule has 0 bridgehead atoms. The van der Waals surface area contributed by atoms with E-state index in [0.717, 1.165) is 43.6 Å². The van der Waals surface area contributed by atoms with Crippen LogP contribution in [0.25, 0.3) is 17.1 Å². The lowest BCUT2D eigenvalue weighted by molar-refractivity contribution is -0.117. The number of unbranched alkanes of at least 4 members (excludes halogenated alkanes) is 1. The average Bonchev–Trinajstić information content (AvgIpc) is 3.85. The number of nitrogens with zero attached hydrogens (tertiary/aromatic N) is 4. The second kappa shape index (κ2) is 13.1. The van der Waals surface area contributed by atoms with Gasteiger partial charge in [-0.25, -0.2) is 27.9 Å². The molecule has 2 heterocycles. The Morgan fingerprint density at radius 2 is 1.75 bits per heavy atom. The summed E-state index contributed by atoms with van der Waals surface area (Å²) in [5.41, 5.74) is 2.71. The van der Waals surface area contributed by atoms with E-state index in [1.54, 1.807) is 37.3 Å². The predicted molar refractivity (Wildman–Crippen MR) is 160 cm³/mol. The third kappa shape index (κ3) is 7.07. The molecule has 230 valence electrons. The number of hydrogen-bond acceptors (Lipinski definition) is 8. The summed E-state index contributed by atoms with van der Waals surface area (Å²) in [7, 11) is -3.82. The number of aryl methyl sites for hydroxylation is 2. The van der Waals surface area contributed by atoms with Gasteiger partial charge >= 0.3 is 6.61 Å². The van der Waals surface area contributed by atoms with Gasteiger partial charge in [0.1, 0.15) is 11.6 Å². The highest BCUT2D eigenvalue weighted by Gasteiger charge is 2.33. The number of ether oxygens (including phenoxy) is 1. The molecule has 12 heteroatoms. The molecule has 0 radical (unpaired) electrons. The summed E-state index contributed by atoms with van der Waals surface area (Å²) in [6.45, 7) is 0.677. The van der Waals surface area contributed by atoms with Crippen LogP contribution in [0.1, 0.15) is 55.3 Å². The molecule has 5 rings (SSSR count). The largest absolute Gasteiger partial charge is 0.432 e. The van der Waals surface area contributed by atoms with Crippen molar-refractivity contribution in [3.63, 3.8) is 0 Å². The first kappa shape index (κ1) is 31.1. The molecule has 1 aliphatic carbocycles. The van der Waals surface area contributed by atoms with Crippen molar-refractivity contribution in [2.45, 2.75) is 63.9 Å². The fourth-order valence-electron chi connectivity index (χ4n) is 5.04. The standard InChI is InChI=1S/C32H32F2N4O5S/c1-3-4-8-27-26(30(40)38(20(2)37-27)32-35-17-24(18-36-32)43-31(33)34)16-21-10-12-22(13-11-21)25-7-5-6-9-29(25)44(41,42)19-28(39)23-14-15-23/h5-7,9-13,17-18,23,31H,3-4,8,14-16,19H2,1-2H3. The number of ketones is 1. The van der Waals surface area contributed by atoms with E-state index < -0.39 is 22.2 Å². The third-order valence-corrected chi connectivity index (χ3v) is 9.16. The second-order valence-corrected chi connectivity index (χ2v) is 12.8. The highest BCUT2D eigenvalue weighted by molar-refractivity contribution is 7.92. The van der Waals surface area contributed by atoms with Gasteiger partial charge in [0.25, 0.3) is 5.56 Å². The summed E-state index contributed by atoms with van der Waals surface area (Å²) in [5.74, 6) is -0.782. The lowest BCUT2D eigenvalue weighted by Gasteiger charge is -2.15. The van der Waals surface area contributed by atoms with Gasteiger partial charge in [0.2, 0.25) is 5.95 Å². The average molecular weight is 623 g/mol. The molecule has 1 fully saturated rings. The van der Waals surface area contributed by atoms with Crippen molar-refractivity contribution in [3.05, 3.63) is 93.9 Å². The predicted octanol–water partition coefficient (Wildman–Crippen LogP) is 5.29. The summed E-state index contributed by atoms with van der Waals surface area (Å²) in [6.07, 6.45) is 6.20. The van der Waals surface area contributed by atoms with E-state index >= 15 is 0 Å². The van der Waals surface area contributed by atoms with Crippen molar-refractivity contribution in [1.29, 1.82) is 0 Å². The fraction of sp³-hybridized carbons (Fsp3) is 0.344. The monoisotopic (exact) mass is 622 g/mol. The zero-order chi connectivity index (χ0) is 31.4. The molecule has 0 aliphatic heterocycles. The van der Waals surface area contributed by atoms with Gasteiger partial charge in [0, 0.05) is 23.5 Å². The Hall–Kier alpha value is -4.32. The van der Waals surface area contributed by atoms with Gasteiger partial charge in [-0.2, -0.15) is 8.78 Å². The topological polar surface area (TPSA) is 121 Å². The maximum atomic E-state index is 13.8. The van der Waals surface area contributed by atoms with Crippen LogP contribution >= 0.6 is 0 Å². The Morgan fingerprint density at radius 1 is 1.07 bits per heavy atom. The minimum atomic E-state index is -3.82. The van der Waals surface area contributed by atoms with Crippen LogP contribution in [-0.4, -0.2) is 46.1 Å². The second-order valence-electron chi connectivity index (χ2n) is 10.8. The number of halogens is 2. The normalized spacial score (nSPS) is 13.3. The smallest absolute Gasteiger partial charge is 0.387 e. The molecular formula is C32H32F2N4O5S. The van der Waals surface area contributed by atoms with Crippen LogP contribution in [0.15, 0.2) is 70.6 Å². The van der Waals surface area contributed by atoms with Crippen molar-refractivity contribution in [3.8, 4) is 22.8 Å². The first-order chi connectivity index (χ1) is 21.1. The Kier molecular flexibility index (Phi) is 9.28. The number of benzene rings is 2. The number of Topliss-reactive ketones (excluding diaryl/α,β-unsaturated/α-hetero) is 1. The van der Waals surface area contributed by atoms with E-state index in [-0.39, 0.29) is 40.3 Å². The van der Waals surface area contributed by atoms with E-state index in [4.69, 9.17) is 4.98 Å². The van der Waals surface area contributed by atoms with E-state index in [0.29, 0.717) is 34.6 Å². The lowest BCUT2D eigenvalue weighted by atomic mass is 9.98. The molecule has 0 spiro atoms. The van der Waals surface area contributed by atoms with Gasteiger partial charge in [-0.15, -0.1) is 0 Å². The quantitative estimate of drug-likeness (QED) is 0.197. The van der Waals surface area contributed by atoms with E-state index in [9.17, 15) is 26.8 Å². The Morgan fingerprint density at radius 3 is 2.39 bits per heavy atom. The summed E-state index contributed by atoms with van der Waals surface area (Å²) in [4.78, 5) is 39.0. The summed E-state index contributed by atoms with van der Waals surface area (Å²) in [5, 5.41) is 0. The van der Waals surface area contributed by atoms with E-state index in [1.807, 2.05) is 19.1 Å². The third-order valence-electron chi connectivity index (χ3n) is 7.47. The lowest BCUT2D eigenvalue weighted by Crippen LogP contribution is -2.29. The summed E-state index contributed by atoms with van der Waals surface area (Å²) >= 11 is 0. The molecule has 0 amide bonds. The Bertz CT molecular complexity index is 1820. The Balaban J connectivity index is 1.46. The molecule has 0 unspecified atom stereocenters. The van der Waals surface area contributed by atoms with Crippen LogP contribution in [0.3, 0.4) is 0 Å². The first-order valence-electron chi connectivity index (χ1n) is 14.4. The molecule has 9 nitrogen and oxygen atoms in total. The van der Waals surface area contributed by atoms with Crippen LogP contribution in [0.5, 0.6) is 5.75 Å². The number of carbonyl (C=O) groups excluding carboxylic acids is 1. The van der Waals surface area contributed by atoms with Crippen molar-refractivity contribution in [2.75, 3.05) is 5.75 Å². The fourth-order valence-corrected chi connectivity index (χ4v) is 6.61. The van der Waals surface area contributed by atoms with Gasteiger partial charge in [-0.3, -0.25) is 9.59 Å². The highest BCUT2D eigenvalue weighted by Crippen LogP contribution is 2.33. The van der Waals surface area contributed by atoms with Crippen LogP contribution in [0.2, 0.25) is 0 Å².